The number of rotatable bonds is 0. The van der Waals surface area contributed by atoms with Gasteiger partial charge in [-0.1, -0.05) is 31.2 Å². The molecule has 1 aliphatic heterocycles. The third-order valence-electron chi connectivity index (χ3n) is 3.31. The van der Waals surface area contributed by atoms with E-state index in [0.29, 0.717) is 18.9 Å². The minimum absolute atomic E-state index is 0.0922. The van der Waals surface area contributed by atoms with Gasteiger partial charge in [-0.2, -0.15) is 0 Å². The molecular formula is C16H26O2. The van der Waals surface area contributed by atoms with E-state index in [9.17, 15) is 4.79 Å². The largest absolute Gasteiger partial charge is 0.465 e. The molecule has 0 saturated carbocycles. The lowest BCUT2D eigenvalue weighted by molar-refractivity contribution is -0.142. The van der Waals surface area contributed by atoms with Crippen molar-refractivity contribution in [3.63, 3.8) is 0 Å². The van der Waals surface area contributed by atoms with E-state index in [1.165, 1.54) is 25.7 Å². The van der Waals surface area contributed by atoms with E-state index in [2.05, 4.69) is 25.2 Å². The number of cyclic esters (lactones) is 1. The Morgan fingerprint density at radius 3 is 2.44 bits per heavy atom. The van der Waals surface area contributed by atoms with E-state index >= 15 is 0 Å². The van der Waals surface area contributed by atoms with Gasteiger partial charge < -0.3 is 4.74 Å². The molecule has 1 heterocycles. The van der Waals surface area contributed by atoms with E-state index in [0.717, 1.165) is 19.3 Å². The number of carbonyl (C=O) groups excluding carboxylic acids is 1. The summed E-state index contributed by atoms with van der Waals surface area (Å²) in [4.78, 5) is 11.4. The molecule has 0 aromatic rings. The maximum atomic E-state index is 11.4. The maximum Gasteiger partial charge on any atom is 0.309 e. The van der Waals surface area contributed by atoms with Crippen LogP contribution in [0.25, 0.3) is 0 Å². The minimum atomic E-state index is -0.0922. The van der Waals surface area contributed by atoms with Crippen molar-refractivity contribution in [3.8, 4) is 0 Å². The standard InChI is InChI=1S/C16H26O2/c1-15-11-9-7-5-3-2-4-6-8-10-12-16(17)18-14-13-15/h5,7-8,10,15H,2-4,6,9,11-14H2,1H3/b7-5+,10-8+. The number of ether oxygens (including phenoxy) is 1. The van der Waals surface area contributed by atoms with Crippen LogP contribution in [0.15, 0.2) is 24.3 Å². The minimum Gasteiger partial charge on any atom is -0.465 e. The van der Waals surface area contributed by atoms with Gasteiger partial charge in [0.05, 0.1) is 13.0 Å². The Kier molecular flexibility index (Phi) is 8.28. The van der Waals surface area contributed by atoms with Gasteiger partial charge in [-0.3, -0.25) is 4.79 Å². The average Bonchev–Trinajstić information content (AvgIpc) is 2.34. The maximum absolute atomic E-state index is 11.4. The van der Waals surface area contributed by atoms with Crippen molar-refractivity contribution in [1.82, 2.24) is 0 Å². The summed E-state index contributed by atoms with van der Waals surface area (Å²) in [5.41, 5.74) is 0. The Bertz CT molecular complexity index is 279. The van der Waals surface area contributed by atoms with Crippen molar-refractivity contribution in [2.45, 2.75) is 58.3 Å². The van der Waals surface area contributed by atoms with Crippen molar-refractivity contribution in [2.24, 2.45) is 5.92 Å². The van der Waals surface area contributed by atoms with E-state index in [1.807, 2.05) is 6.08 Å². The van der Waals surface area contributed by atoms with Gasteiger partial charge in [0.15, 0.2) is 0 Å². The van der Waals surface area contributed by atoms with Gasteiger partial charge in [0, 0.05) is 0 Å². The Morgan fingerprint density at radius 1 is 1.00 bits per heavy atom. The molecule has 0 amide bonds. The van der Waals surface area contributed by atoms with Crippen LogP contribution in [-0.2, 0) is 9.53 Å². The fourth-order valence-corrected chi connectivity index (χ4v) is 2.02. The van der Waals surface area contributed by atoms with Gasteiger partial charge >= 0.3 is 5.97 Å². The van der Waals surface area contributed by atoms with Crippen LogP contribution in [0.1, 0.15) is 58.3 Å². The first kappa shape index (κ1) is 15.0. The molecule has 1 aliphatic rings. The molecule has 0 aliphatic carbocycles. The Morgan fingerprint density at radius 2 is 1.67 bits per heavy atom. The summed E-state index contributed by atoms with van der Waals surface area (Å²) in [6, 6.07) is 0. The summed E-state index contributed by atoms with van der Waals surface area (Å²) < 4.78 is 5.20. The molecule has 0 fully saturated rings. The topological polar surface area (TPSA) is 26.3 Å². The summed E-state index contributed by atoms with van der Waals surface area (Å²) in [6.07, 6.45) is 17.1. The lowest BCUT2D eigenvalue weighted by Gasteiger charge is -2.10. The van der Waals surface area contributed by atoms with Crippen molar-refractivity contribution >= 4 is 5.97 Å². The van der Waals surface area contributed by atoms with Gasteiger partial charge in [-0.15, -0.1) is 0 Å². The summed E-state index contributed by atoms with van der Waals surface area (Å²) in [6.45, 7) is 2.79. The van der Waals surface area contributed by atoms with E-state index in [1.54, 1.807) is 0 Å². The van der Waals surface area contributed by atoms with Crippen LogP contribution in [-0.4, -0.2) is 12.6 Å². The Hall–Kier alpha value is -1.05. The van der Waals surface area contributed by atoms with E-state index < -0.39 is 0 Å². The molecule has 1 atom stereocenters. The van der Waals surface area contributed by atoms with Gasteiger partial charge in [0.25, 0.3) is 0 Å². The smallest absolute Gasteiger partial charge is 0.309 e. The molecule has 0 spiro atoms. The van der Waals surface area contributed by atoms with E-state index in [4.69, 9.17) is 4.74 Å². The zero-order valence-electron chi connectivity index (χ0n) is 11.6. The molecule has 0 radical (unpaired) electrons. The molecule has 2 nitrogen and oxygen atoms in total. The van der Waals surface area contributed by atoms with Crippen LogP contribution in [0.5, 0.6) is 0 Å². The molecule has 0 N–H and O–H groups in total. The zero-order chi connectivity index (χ0) is 13.1. The van der Waals surface area contributed by atoms with Gasteiger partial charge in [-0.05, 0) is 50.9 Å². The summed E-state index contributed by atoms with van der Waals surface area (Å²) >= 11 is 0. The molecule has 1 rings (SSSR count). The summed E-state index contributed by atoms with van der Waals surface area (Å²) in [7, 11) is 0. The first-order valence-corrected chi connectivity index (χ1v) is 7.24. The summed E-state index contributed by atoms with van der Waals surface area (Å²) in [5.74, 6) is 0.538. The fourth-order valence-electron chi connectivity index (χ4n) is 2.02. The highest BCUT2D eigenvalue weighted by atomic mass is 16.5. The molecule has 18 heavy (non-hydrogen) atoms. The zero-order valence-corrected chi connectivity index (χ0v) is 11.6. The molecule has 0 bridgehead atoms. The molecule has 102 valence electrons. The SMILES string of the molecule is CC1CC/C=C/CCCC/C=C/CC(=O)OCC1. The number of carbonyl (C=O) groups is 1. The second-order valence-electron chi connectivity index (χ2n) is 5.12. The number of hydrogen-bond donors (Lipinski definition) is 0. The Balaban J connectivity index is 2.34. The Labute approximate surface area is 111 Å². The van der Waals surface area contributed by atoms with Crippen molar-refractivity contribution in [1.29, 1.82) is 0 Å². The quantitative estimate of drug-likeness (QED) is 0.470. The van der Waals surface area contributed by atoms with Gasteiger partial charge in [0.1, 0.15) is 0 Å². The third kappa shape index (κ3) is 8.10. The van der Waals surface area contributed by atoms with Crippen LogP contribution < -0.4 is 0 Å². The second-order valence-corrected chi connectivity index (χ2v) is 5.12. The average molecular weight is 250 g/mol. The van der Waals surface area contributed by atoms with Crippen molar-refractivity contribution in [2.75, 3.05) is 6.61 Å². The molecular weight excluding hydrogens is 224 g/mol. The van der Waals surface area contributed by atoms with Gasteiger partial charge in [-0.25, -0.2) is 0 Å². The molecule has 1 unspecified atom stereocenters. The number of esters is 1. The van der Waals surface area contributed by atoms with Crippen LogP contribution in [0.4, 0.5) is 0 Å². The van der Waals surface area contributed by atoms with Gasteiger partial charge in [0.2, 0.25) is 0 Å². The first-order chi connectivity index (χ1) is 8.79. The lowest BCUT2D eigenvalue weighted by atomic mass is 10.0. The highest BCUT2D eigenvalue weighted by Crippen LogP contribution is 2.12. The highest BCUT2D eigenvalue weighted by Gasteiger charge is 2.04. The number of hydrogen-bond acceptors (Lipinski definition) is 2. The molecule has 2 heteroatoms. The molecule has 0 saturated heterocycles. The predicted molar refractivity (Wildman–Crippen MR) is 75.3 cm³/mol. The molecule has 0 aromatic carbocycles. The highest BCUT2D eigenvalue weighted by molar-refractivity contribution is 5.71. The van der Waals surface area contributed by atoms with Crippen LogP contribution in [0.3, 0.4) is 0 Å². The van der Waals surface area contributed by atoms with Crippen LogP contribution >= 0.6 is 0 Å². The fraction of sp³-hybridized carbons (Fsp3) is 0.688. The summed E-state index contributed by atoms with van der Waals surface area (Å²) in [5, 5.41) is 0. The van der Waals surface area contributed by atoms with E-state index in [-0.39, 0.29) is 5.97 Å². The monoisotopic (exact) mass is 250 g/mol. The predicted octanol–water partition coefficient (Wildman–Crippen LogP) is 4.41. The second kappa shape index (κ2) is 9.93. The van der Waals surface area contributed by atoms with Crippen LogP contribution in [0.2, 0.25) is 0 Å². The third-order valence-corrected chi connectivity index (χ3v) is 3.31. The molecule has 0 aromatic heterocycles. The van der Waals surface area contributed by atoms with Crippen LogP contribution in [0, 0.1) is 5.92 Å². The van der Waals surface area contributed by atoms with Crippen molar-refractivity contribution < 1.29 is 9.53 Å². The normalized spacial score (nSPS) is 28.3. The lowest BCUT2D eigenvalue weighted by Crippen LogP contribution is -2.07. The number of allylic oxidation sites excluding steroid dienone is 3. The van der Waals surface area contributed by atoms with Crippen molar-refractivity contribution in [3.05, 3.63) is 24.3 Å². The first-order valence-electron chi connectivity index (χ1n) is 7.24.